The lowest BCUT2D eigenvalue weighted by molar-refractivity contribution is -0.129. The number of rotatable bonds is 6. The van der Waals surface area contributed by atoms with E-state index in [4.69, 9.17) is 14.3 Å². The molecule has 4 aromatic rings. The predicted molar refractivity (Wildman–Crippen MR) is 173 cm³/mol. The molecule has 1 saturated heterocycles. The highest BCUT2D eigenvalue weighted by Gasteiger charge is 2.35. The van der Waals surface area contributed by atoms with Crippen LogP contribution in [0.4, 0.5) is 10.2 Å². The zero-order valence-electron chi connectivity index (χ0n) is 26.9. The summed E-state index contributed by atoms with van der Waals surface area (Å²) in [5.74, 6) is -1.35. The average molecular weight is 602 g/mol. The summed E-state index contributed by atoms with van der Waals surface area (Å²) in [5, 5.41) is 1.01. The van der Waals surface area contributed by atoms with E-state index in [1.807, 2.05) is 75.9 Å². The number of nitrogens with zero attached hydrogens (tertiary/aromatic N) is 5. The van der Waals surface area contributed by atoms with Crippen LogP contribution in [0, 0.1) is 6.92 Å². The van der Waals surface area contributed by atoms with Crippen LogP contribution < -0.4 is 10.6 Å². The Morgan fingerprint density at radius 3 is 2.51 bits per heavy atom. The molecule has 2 aromatic carbocycles. The molecular formula is C34H35ClFN5O2. The number of carbonyl (C=O) groups excluding carboxylic acids is 1. The molecule has 3 heterocycles. The molecule has 0 bridgehead atoms. The molecule has 1 fully saturated rings. The van der Waals surface area contributed by atoms with Gasteiger partial charge in [0.15, 0.2) is 5.83 Å². The van der Waals surface area contributed by atoms with Crippen LogP contribution in [0.15, 0.2) is 72.4 Å². The average Bonchev–Trinajstić information content (AvgIpc) is 2.96. The summed E-state index contributed by atoms with van der Waals surface area (Å²) in [7, 11) is 0. The van der Waals surface area contributed by atoms with E-state index in [1.165, 1.54) is 11.0 Å². The SMILES string of the molecule is [2H]C([2H])=Cc1ccccc1-c1cc2c(cc1Cl)c(N1[C@@H](C)CN(C(=O)C(=C)F)C[C@@H]1C)nc(=O)n2-c1c(C)ccnc1C(C)C. The summed E-state index contributed by atoms with van der Waals surface area (Å²) >= 11 is 7.02. The van der Waals surface area contributed by atoms with E-state index < -0.39 is 17.4 Å². The molecule has 0 spiro atoms. The summed E-state index contributed by atoms with van der Waals surface area (Å²) in [6, 6.07) is 12.2. The van der Waals surface area contributed by atoms with Crippen molar-refractivity contribution in [3.63, 3.8) is 0 Å². The van der Waals surface area contributed by atoms with Gasteiger partial charge in [0.25, 0.3) is 5.91 Å². The highest BCUT2D eigenvalue weighted by molar-refractivity contribution is 6.34. The van der Waals surface area contributed by atoms with Gasteiger partial charge in [-0.1, -0.05) is 68.9 Å². The van der Waals surface area contributed by atoms with Crippen LogP contribution in [-0.2, 0) is 4.79 Å². The van der Waals surface area contributed by atoms with E-state index in [-0.39, 0.29) is 37.6 Å². The standard InChI is InChI=1S/C34H35ClFN5O2/c1-8-24-11-9-10-12-25(24)26-16-29-27(15-28(26)35)32(40-21(5)17-39(18-22(40)6)33(42)23(7)36)38-34(43)41(29)31-20(4)13-14-37-30(31)19(2)3/h8-16,19,21-22H,1,7,17-18H2,2-6H3/t21-,22-/m0/s1/i1D2. The topological polar surface area (TPSA) is 71.3 Å². The van der Waals surface area contributed by atoms with E-state index in [2.05, 4.69) is 16.5 Å². The Morgan fingerprint density at radius 1 is 1.16 bits per heavy atom. The van der Waals surface area contributed by atoms with Crippen molar-refractivity contribution in [3.05, 3.63) is 99.9 Å². The fourth-order valence-electron chi connectivity index (χ4n) is 6.08. The van der Waals surface area contributed by atoms with Crippen LogP contribution in [0.3, 0.4) is 0 Å². The van der Waals surface area contributed by atoms with Gasteiger partial charge in [0.1, 0.15) is 5.82 Å². The smallest absolute Gasteiger partial charge is 0.347 e. The minimum absolute atomic E-state index is 0.00241. The molecule has 0 N–H and O–H groups in total. The molecule has 222 valence electrons. The van der Waals surface area contributed by atoms with Crippen LogP contribution in [-0.4, -0.2) is 50.5 Å². The molecule has 1 amide bonds. The number of piperazine rings is 1. The number of hydrogen-bond acceptors (Lipinski definition) is 5. The first kappa shape index (κ1) is 27.5. The Labute approximate surface area is 258 Å². The van der Waals surface area contributed by atoms with Crippen molar-refractivity contribution in [1.29, 1.82) is 0 Å². The molecule has 0 radical (unpaired) electrons. The fourth-order valence-corrected chi connectivity index (χ4v) is 6.35. The van der Waals surface area contributed by atoms with Crippen molar-refractivity contribution in [2.45, 2.75) is 52.6 Å². The highest BCUT2D eigenvalue weighted by Crippen LogP contribution is 2.39. The van der Waals surface area contributed by atoms with Crippen molar-refractivity contribution in [1.82, 2.24) is 19.4 Å². The maximum atomic E-state index is 14.2. The minimum atomic E-state index is -1.01. The van der Waals surface area contributed by atoms with Gasteiger partial charge >= 0.3 is 5.69 Å². The van der Waals surface area contributed by atoms with Gasteiger partial charge in [0.05, 0.1) is 19.6 Å². The Kier molecular flexibility index (Phi) is 7.53. The van der Waals surface area contributed by atoms with E-state index >= 15 is 0 Å². The third-order valence-electron chi connectivity index (χ3n) is 7.97. The molecule has 7 nitrogen and oxygen atoms in total. The summed E-state index contributed by atoms with van der Waals surface area (Å²) in [4.78, 5) is 39.4. The Bertz CT molecular complexity index is 1910. The van der Waals surface area contributed by atoms with Crippen LogP contribution in [0.5, 0.6) is 0 Å². The molecule has 2 atom stereocenters. The molecule has 2 aromatic heterocycles. The molecule has 9 heteroatoms. The predicted octanol–water partition coefficient (Wildman–Crippen LogP) is 7.08. The Hall–Kier alpha value is -4.30. The fraction of sp³-hybridized carbons (Fsp3) is 0.294. The number of fused-ring (bicyclic) bond motifs is 1. The number of hydrogen-bond donors (Lipinski definition) is 0. The second kappa shape index (κ2) is 11.8. The van der Waals surface area contributed by atoms with E-state index in [9.17, 15) is 14.0 Å². The third kappa shape index (κ3) is 5.36. The number of aryl methyl sites for hydroxylation is 1. The summed E-state index contributed by atoms with van der Waals surface area (Å²) < 4.78 is 30.8. The lowest BCUT2D eigenvalue weighted by Crippen LogP contribution is -2.59. The molecule has 1 aliphatic heterocycles. The van der Waals surface area contributed by atoms with Crippen LogP contribution in [0.2, 0.25) is 5.02 Å². The summed E-state index contributed by atoms with van der Waals surface area (Å²) in [6.45, 7) is 13.0. The number of aromatic nitrogens is 3. The molecule has 5 rings (SSSR count). The second-order valence-corrected chi connectivity index (χ2v) is 11.8. The van der Waals surface area contributed by atoms with Gasteiger partial charge < -0.3 is 9.80 Å². The van der Waals surface area contributed by atoms with Crippen LogP contribution in [0.25, 0.3) is 33.8 Å². The van der Waals surface area contributed by atoms with Crippen molar-refractivity contribution >= 4 is 40.3 Å². The van der Waals surface area contributed by atoms with Crippen LogP contribution >= 0.6 is 11.6 Å². The molecule has 0 aliphatic carbocycles. The Morgan fingerprint density at radius 2 is 1.86 bits per heavy atom. The second-order valence-electron chi connectivity index (χ2n) is 11.4. The first-order chi connectivity index (χ1) is 21.3. The van der Waals surface area contributed by atoms with Gasteiger partial charge in [-0.25, -0.2) is 9.18 Å². The molecule has 43 heavy (non-hydrogen) atoms. The maximum Gasteiger partial charge on any atom is 0.354 e. The zero-order chi connectivity index (χ0) is 32.7. The highest BCUT2D eigenvalue weighted by atomic mass is 35.5. The number of amides is 1. The maximum absolute atomic E-state index is 14.2. The number of benzene rings is 2. The van der Waals surface area contributed by atoms with Crippen molar-refractivity contribution in [2.24, 2.45) is 0 Å². The van der Waals surface area contributed by atoms with Gasteiger partial charge in [0, 0.05) is 47.3 Å². The van der Waals surface area contributed by atoms with Crippen molar-refractivity contribution in [3.8, 4) is 16.8 Å². The molecular weight excluding hydrogens is 565 g/mol. The first-order valence-corrected chi connectivity index (χ1v) is 14.6. The number of carbonyl (C=O) groups is 1. The van der Waals surface area contributed by atoms with Crippen LogP contribution in [0.1, 0.15) is 53.2 Å². The monoisotopic (exact) mass is 601 g/mol. The molecule has 0 unspecified atom stereocenters. The molecule has 1 aliphatic rings. The quantitative estimate of drug-likeness (QED) is 0.221. The van der Waals surface area contributed by atoms with Gasteiger partial charge in [-0.05, 0) is 61.6 Å². The van der Waals surface area contributed by atoms with Crippen molar-refractivity contribution < 1.29 is 11.9 Å². The van der Waals surface area contributed by atoms with Gasteiger partial charge in [-0.2, -0.15) is 4.98 Å². The number of pyridine rings is 1. The number of halogens is 2. The largest absolute Gasteiger partial charge is 0.354 e. The zero-order valence-corrected chi connectivity index (χ0v) is 25.6. The minimum Gasteiger partial charge on any atom is -0.347 e. The summed E-state index contributed by atoms with van der Waals surface area (Å²) in [6.07, 6.45) is 3.17. The third-order valence-corrected chi connectivity index (χ3v) is 8.29. The lowest BCUT2D eigenvalue weighted by Gasteiger charge is -2.45. The van der Waals surface area contributed by atoms with Crippen molar-refractivity contribution in [2.75, 3.05) is 18.0 Å². The van der Waals surface area contributed by atoms with E-state index in [1.54, 1.807) is 16.8 Å². The molecule has 0 saturated carbocycles. The summed E-state index contributed by atoms with van der Waals surface area (Å²) in [5.41, 5.74) is 4.22. The number of anilines is 1. The Balaban J connectivity index is 1.84. The van der Waals surface area contributed by atoms with E-state index in [0.29, 0.717) is 44.1 Å². The van der Waals surface area contributed by atoms with Gasteiger partial charge in [0.2, 0.25) is 0 Å². The van der Waals surface area contributed by atoms with Gasteiger partial charge in [-0.3, -0.25) is 14.3 Å². The normalized spacial score (nSPS) is 17.6. The lowest BCUT2D eigenvalue weighted by atomic mass is 9.97. The van der Waals surface area contributed by atoms with Gasteiger partial charge in [-0.15, -0.1) is 0 Å². The van der Waals surface area contributed by atoms with E-state index in [0.717, 1.165) is 11.3 Å². The first-order valence-electron chi connectivity index (χ1n) is 15.2.